The number of hydrogen-bond acceptors (Lipinski definition) is 4. The van der Waals surface area contributed by atoms with E-state index in [2.05, 4.69) is 5.32 Å². The molecule has 1 unspecified atom stereocenters. The number of nitrogens with one attached hydrogen (secondary N) is 1. The SMILES string of the molecule is CCC(C(=O)NC1CCCC1)N(Cc1cccc(C)c1)C(=O)CN(c1ccc(C)c(Cl)c1)S(=O)(=O)c1ccc(C)cc1. The van der Waals surface area contributed by atoms with Crippen LogP contribution in [0.15, 0.2) is 71.6 Å². The van der Waals surface area contributed by atoms with Gasteiger partial charge in [0.15, 0.2) is 0 Å². The summed E-state index contributed by atoms with van der Waals surface area (Å²) in [4.78, 5) is 29.4. The van der Waals surface area contributed by atoms with Crippen molar-refractivity contribution in [1.29, 1.82) is 0 Å². The molecule has 7 nitrogen and oxygen atoms in total. The number of halogens is 1. The van der Waals surface area contributed by atoms with Gasteiger partial charge >= 0.3 is 0 Å². The fourth-order valence-corrected chi connectivity index (χ4v) is 6.98. The van der Waals surface area contributed by atoms with Crippen molar-refractivity contribution in [3.05, 3.63) is 94.0 Å². The predicted octanol–water partition coefficient (Wildman–Crippen LogP) is 6.33. The first-order chi connectivity index (χ1) is 20.0. The second-order valence-electron chi connectivity index (χ2n) is 11.2. The Morgan fingerprint density at radius 3 is 2.26 bits per heavy atom. The third-order valence-corrected chi connectivity index (χ3v) is 10.0. The highest BCUT2D eigenvalue weighted by molar-refractivity contribution is 7.92. The Morgan fingerprint density at radius 2 is 1.64 bits per heavy atom. The van der Waals surface area contributed by atoms with Crippen LogP contribution in [0.25, 0.3) is 0 Å². The molecule has 42 heavy (non-hydrogen) atoms. The summed E-state index contributed by atoms with van der Waals surface area (Å²) in [6.45, 7) is 7.22. The number of benzene rings is 3. The van der Waals surface area contributed by atoms with Gasteiger partial charge in [0.2, 0.25) is 11.8 Å². The molecule has 224 valence electrons. The molecule has 1 fully saturated rings. The number of sulfonamides is 1. The molecule has 0 aromatic heterocycles. The summed E-state index contributed by atoms with van der Waals surface area (Å²) in [6.07, 6.45) is 4.37. The van der Waals surface area contributed by atoms with Gasteiger partial charge in [0.05, 0.1) is 10.6 Å². The summed E-state index contributed by atoms with van der Waals surface area (Å²) < 4.78 is 29.2. The number of carbonyl (C=O) groups excluding carboxylic acids is 2. The highest BCUT2D eigenvalue weighted by Gasteiger charge is 2.34. The Balaban J connectivity index is 1.73. The van der Waals surface area contributed by atoms with Gasteiger partial charge in [-0.3, -0.25) is 13.9 Å². The third kappa shape index (κ3) is 7.53. The minimum atomic E-state index is -4.15. The minimum absolute atomic E-state index is 0.0637. The molecular weight excluding hydrogens is 570 g/mol. The van der Waals surface area contributed by atoms with Gasteiger partial charge in [0, 0.05) is 17.6 Å². The molecule has 0 saturated heterocycles. The Labute approximate surface area is 254 Å². The van der Waals surface area contributed by atoms with E-state index in [1.807, 2.05) is 52.0 Å². The Kier molecular flexibility index (Phi) is 10.3. The van der Waals surface area contributed by atoms with Gasteiger partial charge < -0.3 is 10.2 Å². The van der Waals surface area contributed by atoms with Crippen molar-refractivity contribution in [1.82, 2.24) is 10.2 Å². The first-order valence-electron chi connectivity index (χ1n) is 14.5. The number of aryl methyl sites for hydroxylation is 3. The summed E-state index contributed by atoms with van der Waals surface area (Å²) in [7, 11) is -4.15. The molecule has 1 aliphatic carbocycles. The average molecular weight is 610 g/mol. The van der Waals surface area contributed by atoms with Gasteiger partial charge in [-0.15, -0.1) is 0 Å². The Bertz CT molecular complexity index is 1520. The largest absolute Gasteiger partial charge is 0.352 e. The van der Waals surface area contributed by atoms with Gasteiger partial charge in [-0.05, 0) is 75.4 Å². The van der Waals surface area contributed by atoms with E-state index in [1.54, 1.807) is 30.3 Å². The maximum atomic E-state index is 14.2. The van der Waals surface area contributed by atoms with Crippen molar-refractivity contribution in [3.8, 4) is 0 Å². The van der Waals surface area contributed by atoms with E-state index in [0.717, 1.165) is 52.2 Å². The van der Waals surface area contributed by atoms with E-state index in [1.165, 1.54) is 17.0 Å². The van der Waals surface area contributed by atoms with E-state index >= 15 is 0 Å². The van der Waals surface area contributed by atoms with Crippen molar-refractivity contribution in [2.24, 2.45) is 0 Å². The van der Waals surface area contributed by atoms with Gasteiger partial charge in [-0.2, -0.15) is 0 Å². The molecule has 0 spiro atoms. The zero-order valence-electron chi connectivity index (χ0n) is 24.8. The fraction of sp³-hybridized carbons (Fsp3) is 0.394. The maximum Gasteiger partial charge on any atom is 0.264 e. The van der Waals surface area contributed by atoms with E-state index in [-0.39, 0.29) is 29.1 Å². The summed E-state index contributed by atoms with van der Waals surface area (Å²) in [5.41, 5.74) is 3.87. The molecule has 3 aromatic carbocycles. The van der Waals surface area contributed by atoms with Gasteiger partial charge in [-0.1, -0.05) is 85.0 Å². The van der Waals surface area contributed by atoms with Crippen LogP contribution in [0.3, 0.4) is 0 Å². The molecule has 1 N–H and O–H groups in total. The highest BCUT2D eigenvalue weighted by atomic mass is 35.5. The van der Waals surface area contributed by atoms with Crippen molar-refractivity contribution >= 4 is 39.1 Å². The first kappa shape index (κ1) is 31.6. The fourth-order valence-electron chi connectivity index (χ4n) is 5.40. The number of carbonyl (C=O) groups is 2. The van der Waals surface area contributed by atoms with Crippen LogP contribution < -0.4 is 9.62 Å². The van der Waals surface area contributed by atoms with Crippen LogP contribution >= 0.6 is 11.6 Å². The molecule has 1 aliphatic rings. The smallest absolute Gasteiger partial charge is 0.264 e. The summed E-state index contributed by atoms with van der Waals surface area (Å²) >= 11 is 6.42. The zero-order valence-corrected chi connectivity index (χ0v) is 26.3. The Hall–Kier alpha value is -3.36. The van der Waals surface area contributed by atoms with Crippen LogP contribution in [0.1, 0.15) is 61.3 Å². The normalized spacial score (nSPS) is 14.4. The molecule has 4 rings (SSSR count). The lowest BCUT2D eigenvalue weighted by molar-refractivity contribution is -0.140. The van der Waals surface area contributed by atoms with Gasteiger partial charge in [0.25, 0.3) is 10.0 Å². The third-order valence-electron chi connectivity index (χ3n) is 7.85. The van der Waals surface area contributed by atoms with Crippen LogP contribution in [0.5, 0.6) is 0 Å². The molecular formula is C33H40ClN3O4S. The van der Waals surface area contributed by atoms with Gasteiger partial charge in [-0.25, -0.2) is 8.42 Å². The van der Waals surface area contributed by atoms with Crippen LogP contribution in [0, 0.1) is 20.8 Å². The molecule has 1 atom stereocenters. The summed E-state index contributed by atoms with van der Waals surface area (Å²) in [5.74, 6) is -0.686. The molecule has 0 heterocycles. The predicted molar refractivity (Wildman–Crippen MR) is 168 cm³/mol. The van der Waals surface area contributed by atoms with Crippen LogP contribution in [0.4, 0.5) is 5.69 Å². The standard InChI is InChI=1S/C33H40ClN3O4S/c1-5-31(33(39)35-27-11-6-7-12-27)36(21-26-10-8-9-24(3)19-26)32(38)22-37(28-16-15-25(4)30(34)20-28)42(40,41)29-17-13-23(2)14-18-29/h8-10,13-20,27,31H,5-7,11-12,21-22H2,1-4H3,(H,35,39). The molecule has 0 aliphatic heterocycles. The van der Waals surface area contributed by atoms with Gasteiger partial charge in [0.1, 0.15) is 12.6 Å². The van der Waals surface area contributed by atoms with E-state index < -0.39 is 28.5 Å². The number of rotatable bonds is 11. The molecule has 0 bridgehead atoms. The number of nitrogens with zero attached hydrogens (tertiary/aromatic N) is 2. The molecule has 0 radical (unpaired) electrons. The van der Waals surface area contributed by atoms with Crippen molar-refractivity contribution in [2.75, 3.05) is 10.8 Å². The van der Waals surface area contributed by atoms with E-state index in [4.69, 9.17) is 11.6 Å². The minimum Gasteiger partial charge on any atom is -0.352 e. The number of anilines is 1. The Morgan fingerprint density at radius 1 is 0.952 bits per heavy atom. The topological polar surface area (TPSA) is 86.8 Å². The zero-order chi connectivity index (χ0) is 30.4. The van der Waals surface area contributed by atoms with E-state index in [0.29, 0.717) is 11.4 Å². The van der Waals surface area contributed by atoms with E-state index in [9.17, 15) is 18.0 Å². The van der Waals surface area contributed by atoms with Crippen LogP contribution in [0.2, 0.25) is 5.02 Å². The summed E-state index contributed by atoms with van der Waals surface area (Å²) in [6, 6.07) is 18.6. The molecule has 3 aromatic rings. The van der Waals surface area contributed by atoms with Crippen LogP contribution in [-0.2, 0) is 26.2 Å². The van der Waals surface area contributed by atoms with Crippen LogP contribution in [-0.4, -0.2) is 43.8 Å². The lowest BCUT2D eigenvalue weighted by Crippen LogP contribution is -2.53. The maximum absolute atomic E-state index is 14.2. The monoisotopic (exact) mass is 609 g/mol. The number of amides is 2. The molecule has 2 amide bonds. The van der Waals surface area contributed by atoms with Crippen molar-refractivity contribution < 1.29 is 18.0 Å². The van der Waals surface area contributed by atoms with Crippen molar-refractivity contribution in [3.63, 3.8) is 0 Å². The number of hydrogen-bond donors (Lipinski definition) is 1. The lowest BCUT2D eigenvalue weighted by atomic mass is 10.1. The summed E-state index contributed by atoms with van der Waals surface area (Å²) in [5, 5.41) is 3.53. The molecule has 1 saturated carbocycles. The highest BCUT2D eigenvalue weighted by Crippen LogP contribution is 2.29. The molecule has 9 heteroatoms. The second kappa shape index (κ2) is 13.7. The quantitative estimate of drug-likeness (QED) is 0.275. The first-order valence-corrected chi connectivity index (χ1v) is 16.3. The average Bonchev–Trinajstić information content (AvgIpc) is 3.46. The van der Waals surface area contributed by atoms with Crippen molar-refractivity contribution in [2.45, 2.75) is 83.3 Å². The lowest BCUT2D eigenvalue weighted by Gasteiger charge is -2.34. The second-order valence-corrected chi connectivity index (χ2v) is 13.5.